The molecule has 4 unspecified atom stereocenters. The highest BCUT2D eigenvalue weighted by Gasteiger charge is 2.34. The van der Waals surface area contributed by atoms with Gasteiger partial charge in [0.2, 0.25) is 0 Å². The van der Waals surface area contributed by atoms with Gasteiger partial charge in [0.1, 0.15) is 0 Å². The Morgan fingerprint density at radius 3 is 2.44 bits per heavy atom. The fraction of sp³-hybridized carbons (Fsp3) is 1.00. The van der Waals surface area contributed by atoms with E-state index >= 15 is 0 Å². The number of nitrogens with two attached hydrogens (primary N) is 1. The minimum Gasteiger partial charge on any atom is -0.327 e. The fourth-order valence-corrected chi connectivity index (χ4v) is 3.75. The molecule has 1 saturated heterocycles. The van der Waals surface area contributed by atoms with E-state index in [0.717, 1.165) is 12.0 Å². The molecule has 0 aromatic heterocycles. The molecule has 1 aliphatic carbocycles. The van der Waals surface area contributed by atoms with Gasteiger partial charge in [-0.15, -0.1) is 0 Å². The van der Waals surface area contributed by atoms with E-state index in [1.807, 2.05) is 0 Å². The first-order valence-electron chi connectivity index (χ1n) is 7.21. The van der Waals surface area contributed by atoms with E-state index < -0.39 is 0 Å². The predicted octanol–water partition coefficient (Wildman–Crippen LogP) is 2.77. The SMILES string of the molecule is CC(N)C1CCCCN1C1CCCCC1C. The van der Waals surface area contributed by atoms with E-state index in [1.165, 1.54) is 51.5 Å². The van der Waals surface area contributed by atoms with Gasteiger partial charge in [-0.1, -0.05) is 26.2 Å². The Bertz CT molecular complexity index is 215. The standard InChI is InChI=1S/C14H28N2/c1-11-7-3-4-8-13(11)16-10-6-5-9-14(16)12(2)15/h11-14H,3-10,15H2,1-2H3. The lowest BCUT2D eigenvalue weighted by Gasteiger charge is -2.46. The molecule has 2 fully saturated rings. The molecule has 2 aliphatic rings. The van der Waals surface area contributed by atoms with Crippen LogP contribution in [0.2, 0.25) is 0 Å². The van der Waals surface area contributed by atoms with Crippen LogP contribution < -0.4 is 5.73 Å². The van der Waals surface area contributed by atoms with Crippen LogP contribution in [0.15, 0.2) is 0 Å². The Kier molecular flexibility index (Phi) is 4.26. The predicted molar refractivity (Wildman–Crippen MR) is 69.4 cm³/mol. The van der Waals surface area contributed by atoms with E-state index in [4.69, 9.17) is 5.73 Å². The second-order valence-corrected chi connectivity index (χ2v) is 5.99. The highest BCUT2D eigenvalue weighted by Crippen LogP contribution is 2.32. The molecule has 2 N–H and O–H groups in total. The summed E-state index contributed by atoms with van der Waals surface area (Å²) in [6, 6.07) is 1.82. The van der Waals surface area contributed by atoms with Crippen molar-refractivity contribution in [3.05, 3.63) is 0 Å². The number of piperidine rings is 1. The average molecular weight is 224 g/mol. The minimum atomic E-state index is 0.342. The fourth-order valence-electron chi connectivity index (χ4n) is 3.75. The van der Waals surface area contributed by atoms with Crippen LogP contribution in [0.1, 0.15) is 58.8 Å². The smallest absolute Gasteiger partial charge is 0.0247 e. The summed E-state index contributed by atoms with van der Waals surface area (Å²) in [6.07, 6.45) is 9.78. The molecule has 1 heterocycles. The van der Waals surface area contributed by atoms with Crippen LogP contribution in [0.25, 0.3) is 0 Å². The largest absolute Gasteiger partial charge is 0.327 e. The van der Waals surface area contributed by atoms with Crippen molar-refractivity contribution in [2.24, 2.45) is 11.7 Å². The van der Waals surface area contributed by atoms with Crippen LogP contribution >= 0.6 is 0 Å². The van der Waals surface area contributed by atoms with Gasteiger partial charge in [-0.05, 0) is 45.1 Å². The van der Waals surface area contributed by atoms with Crippen LogP contribution in [-0.4, -0.2) is 29.6 Å². The molecule has 2 nitrogen and oxygen atoms in total. The monoisotopic (exact) mass is 224 g/mol. The Balaban J connectivity index is 2.03. The van der Waals surface area contributed by atoms with Crippen molar-refractivity contribution in [3.8, 4) is 0 Å². The number of likely N-dealkylation sites (tertiary alicyclic amines) is 1. The molecule has 16 heavy (non-hydrogen) atoms. The van der Waals surface area contributed by atoms with Gasteiger partial charge in [-0.2, -0.15) is 0 Å². The Hall–Kier alpha value is -0.0800. The summed E-state index contributed by atoms with van der Waals surface area (Å²) < 4.78 is 0. The van der Waals surface area contributed by atoms with E-state index in [0.29, 0.717) is 12.1 Å². The molecular weight excluding hydrogens is 196 g/mol. The van der Waals surface area contributed by atoms with Gasteiger partial charge in [-0.3, -0.25) is 4.90 Å². The number of nitrogens with zero attached hydrogens (tertiary/aromatic N) is 1. The summed E-state index contributed by atoms with van der Waals surface area (Å²) in [4.78, 5) is 2.76. The molecule has 0 aromatic rings. The van der Waals surface area contributed by atoms with Crippen molar-refractivity contribution < 1.29 is 0 Å². The van der Waals surface area contributed by atoms with Gasteiger partial charge < -0.3 is 5.73 Å². The maximum Gasteiger partial charge on any atom is 0.0247 e. The number of hydrogen-bond donors (Lipinski definition) is 1. The Morgan fingerprint density at radius 1 is 1.06 bits per heavy atom. The molecule has 94 valence electrons. The van der Waals surface area contributed by atoms with Crippen LogP contribution in [0, 0.1) is 5.92 Å². The molecule has 1 saturated carbocycles. The summed E-state index contributed by atoms with van der Waals surface area (Å²) in [5, 5.41) is 0. The van der Waals surface area contributed by atoms with Crippen molar-refractivity contribution in [2.75, 3.05) is 6.54 Å². The van der Waals surface area contributed by atoms with Crippen molar-refractivity contribution >= 4 is 0 Å². The average Bonchev–Trinajstić information content (AvgIpc) is 2.29. The van der Waals surface area contributed by atoms with Crippen LogP contribution in [-0.2, 0) is 0 Å². The maximum atomic E-state index is 6.17. The third kappa shape index (κ3) is 2.60. The third-order valence-corrected chi connectivity index (χ3v) is 4.69. The van der Waals surface area contributed by atoms with Crippen LogP contribution in [0.4, 0.5) is 0 Å². The highest BCUT2D eigenvalue weighted by molar-refractivity contribution is 4.90. The van der Waals surface area contributed by atoms with Crippen molar-refractivity contribution in [3.63, 3.8) is 0 Å². The van der Waals surface area contributed by atoms with E-state index in [2.05, 4.69) is 18.7 Å². The first-order valence-corrected chi connectivity index (χ1v) is 7.21. The maximum absolute atomic E-state index is 6.17. The number of rotatable bonds is 2. The zero-order valence-corrected chi connectivity index (χ0v) is 11.0. The van der Waals surface area contributed by atoms with E-state index in [1.54, 1.807) is 0 Å². The van der Waals surface area contributed by atoms with Gasteiger partial charge in [0.05, 0.1) is 0 Å². The summed E-state index contributed by atoms with van der Waals surface area (Å²) >= 11 is 0. The molecule has 2 rings (SSSR count). The van der Waals surface area contributed by atoms with Gasteiger partial charge in [0.15, 0.2) is 0 Å². The van der Waals surface area contributed by atoms with Crippen LogP contribution in [0.3, 0.4) is 0 Å². The second kappa shape index (κ2) is 5.50. The molecule has 4 atom stereocenters. The van der Waals surface area contributed by atoms with Crippen molar-refractivity contribution in [2.45, 2.75) is 76.9 Å². The lowest BCUT2D eigenvalue weighted by molar-refractivity contribution is 0.0349. The quantitative estimate of drug-likeness (QED) is 0.781. The van der Waals surface area contributed by atoms with Gasteiger partial charge in [0.25, 0.3) is 0 Å². The minimum absolute atomic E-state index is 0.342. The lowest BCUT2D eigenvalue weighted by Crippen LogP contribution is -2.55. The molecule has 1 aliphatic heterocycles. The zero-order chi connectivity index (χ0) is 11.5. The summed E-state index contributed by atoms with van der Waals surface area (Å²) in [5.74, 6) is 0.882. The van der Waals surface area contributed by atoms with E-state index in [-0.39, 0.29) is 0 Å². The van der Waals surface area contributed by atoms with Gasteiger partial charge >= 0.3 is 0 Å². The van der Waals surface area contributed by atoms with Crippen molar-refractivity contribution in [1.82, 2.24) is 4.90 Å². The molecule has 2 heteroatoms. The molecule has 0 spiro atoms. The molecule has 0 amide bonds. The summed E-state index contributed by atoms with van der Waals surface area (Å²) in [5.41, 5.74) is 6.17. The van der Waals surface area contributed by atoms with E-state index in [9.17, 15) is 0 Å². The highest BCUT2D eigenvalue weighted by atomic mass is 15.2. The molecule has 0 aromatic carbocycles. The number of hydrogen-bond acceptors (Lipinski definition) is 2. The first kappa shape index (κ1) is 12.4. The molecule has 0 bridgehead atoms. The van der Waals surface area contributed by atoms with Crippen molar-refractivity contribution in [1.29, 1.82) is 0 Å². The first-order chi connectivity index (χ1) is 7.70. The molecule has 0 radical (unpaired) electrons. The topological polar surface area (TPSA) is 29.3 Å². The molecular formula is C14H28N2. The lowest BCUT2D eigenvalue weighted by atomic mass is 9.82. The normalized spacial score (nSPS) is 39.6. The second-order valence-electron chi connectivity index (χ2n) is 5.99. The Labute approximate surface area is 101 Å². The zero-order valence-electron chi connectivity index (χ0n) is 11.0. The van der Waals surface area contributed by atoms with Gasteiger partial charge in [-0.25, -0.2) is 0 Å². The van der Waals surface area contributed by atoms with Crippen LogP contribution in [0.5, 0.6) is 0 Å². The Morgan fingerprint density at radius 2 is 1.75 bits per heavy atom. The third-order valence-electron chi connectivity index (χ3n) is 4.69. The van der Waals surface area contributed by atoms with Gasteiger partial charge in [0, 0.05) is 18.1 Å². The summed E-state index contributed by atoms with van der Waals surface area (Å²) in [7, 11) is 0. The summed E-state index contributed by atoms with van der Waals surface area (Å²) in [6.45, 7) is 5.92.